The maximum Gasteiger partial charge on any atom is 0.222 e. The van der Waals surface area contributed by atoms with E-state index in [0.29, 0.717) is 5.95 Å². The number of hydrogen-bond acceptors (Lipinski definition) is 4. The molecule has 60 valence electrons. The standard InChI is InChI=1S/C7H11N3S/c1-3-8-7-9-4-6(11-2)5-10-7/h4-5H,3H2,1-2H3,(H,8,9,10). The van der Waals surface area contributed by atoms with Crippen LogP contribution in [-0.2, 0) is 0 Å². The average molecular weight is 169 g/mol. The van der Waals surface area contributed by atoms with E-state index in [4.69, 9.17) is 0 Å². The van der Waals surface area contributed by atoms with Crippen LogP contribution in [0.2, 0.25) is 0 Å². The number of nitrogens with one attached hydrogen (secondary N) is 1. The second kappa shape index (κ2) is 4.18. The van der Waals surface area contributed by atoms with Gasteiger partial charge < -0.3 is 5.32 Å². The summed E-state index contributed by atoms with van der Waals surface area (Å²) in [5, 5.41) is 3.03. The summed E-state index contributed by atoms with van der Waals surface area (Å²) in [6.07, 6.45) is 5.64. The van der Waals surface area contributed by atoms with Crippen LogP contribution in [0.3, 0.4) is 0 Å². The van der Waals surface area contributed by atoms with Crippen molar-refractivity contribution in [2.24, 2.45) is 0 Å². The van der Waals surface area contributed by atoms with E-state index in [1.54, 1.807) is 11.8 Å². The lowest BCUT2D eigenvalue weighted by Gasteiger charge is -1.99. The second-order valence-electron chi connectivity index (χ2n) is 1.98. The molecule has 0 bridgehead atoms. The van der Waals surface area contributed by atoms with E-state index in [1.165, 1.54) is 0 Å². The molecule has 0 amide bonds. The Morgan fingerprint density at radius 1 is 1.45 bits per heavy atom. The van der Waals surface area contributed by atoms with Crippen molar-refractivity contribution in [3.05, 3.63) is 12.4 Å². The molecule has 3 nitrogen and oxygen atoms in total. The smallest absolute Gasteiger partial charge is 0.222 e. The lowest BCUT2D eigenvalue weighted by Crippen LogP contribution is -2.00. The number of anilines is 1. The molecular weight excluding hydrogens is 158 g/mol. The van der Waals surface area contributed by atoms with Gasteiger partial charge in [0.2, 0.25) is 5.95 Å². The largest absolute Gasteiger partial charge is 0.355 e. The van der Waals surface area contributed by atoms with Gasteiger partial charge in [0.1, 0.15) is 0 Å². The zero-order valence-corrected chi connectivity index (χ0v) is 7.48. The first-order valence-electron chi connectivity index (χ1n) is 3.46. The molecule has 0 aliphatic heterocycles. The van der Waals surface area contributed by atoms with Gasteiger partial charge in [-0.15, -0.1) is 11.8 Å². The fraction of sp³-hybridized carbons (Fsp3) is 0.429. The zero-order valence-electron chi connectivity index (χ0n) is 6.66. The Balaban J connectivity index is 2.66. The number of rotatable bonds is 3. The van der Waals surface area contributed by atoms with Crippen molar-refractivity contribution in [3.63, 3.8) is 0 Å². The van der Waals surface area contributed by atoms with Crippen LogP contribution < -0.4 is 5.32 Å². The van der Waals surface area contributed by atoms with Crippen molar-refractivity contribution < 1.29 is 0 Å². The predicted octanol–water partition coefficient (Wildman–Crippen LogP) is 1.63. The van der Waals surface area contributed by atoms with E-state index in [2.05, 4.69) is 15.3 Å². The van der Waals surface area contributed by atoms with Gasteiger partial charge in [-0.3, -0.25) is 0 Å². The molecule has 0 saturated carbocycles. The van der Waals surface area contributed by atoms with E-state index in [1.807, 2.05) is 25.6 Å². The summed E-state index contributed by atoms with van der Waals surface area (Å²) in [6, 6.07) is 0. The Labute approximate surface area is 70.6 Å². The van der Waals surface area contributed by atoms with E-state index in [0.717, 1.165) is 11.4 Å². The van der Waals surface area contributed by atoms with Crippen molar-refractivity contribution in [2.45, 2.75) is 11.8 Å². The molecule has 1 N–H and O–H groups in total. The van der Waals surface area contributed by atoms with Gasteiger partial charge in [0.15, 0.2) is 0 Å². The third-order valence-electron chi connectivity index (χ3n) is 1.20. The highest BCUT2D eigenvalue weighted by Gasteiger charge is 1.92. The third kappa shape index (κ3) is 2.38. The monoisotopic (exact) mass is 169 g/mol. The lowest BCUT2D eigenvalue weighted by atomic mass is 10.6. The van der Waals surface area contributed by atoms with Crippen LogP contribution in [-0.4, -0.2) is 22.8 Å². The molecule has 1 heterocycles. The molecule has 4 heteroatoms. The molecule has 1 rings (SSSR count). The summed E-state index contributed by atoms with van der Waals surface area (Å²) in [5.74, 6) is 0.699. The minimum absolute atomic E-state index is 0.699. The first-order valence-corrected chi connectivity index (χ1v) is 4.69. The molecule has 1 aromatic rings. The lowest BCUT2D eigenvalue weighted by molar-refractivity contribution is 1.05. The van der Waals surface area contributed by atoms with E-state index < -0.39 is 0 Å². The van der Waals surface area contributed by atoms with Crippen LogP contribution in [0, 0.1) is 0 Å². The van der Waals surface area contributed by atoms with Crippen LogP contribution in [0.4, 0.5) is 5.95 Å². The molecule has 0 aromatic carbocycles. The Hall–Kier alpha value is -0.770. The van der Waals surface area contributed by atoms with Crippen LogP contribution in [0.25, 0.3) is 0 Å². The Kier molecular flexibility index (Phi) is 3.16. The summed E-state index contributed by atoms with van der Waals surface area (Å²) in [4.78, 5) is 9.28. The third-order valence-corrected chi connectivity index (χ3v) is 1.88. The number of hydrogen-bond donors (Lipinski definition) is 1. The Morgan fingerprint density at radius 3 is 2.55 bits per heavy atom. The normalized spacial score (nSPS) is 9.64. The molecule has 0 unspecified atom stereocenters. The molecule has 0 aliphatic rings. The molecule has 0 atom stereocenters. The highest BCUT2D eigenvalue weighted by molar-refractivity contribution is 7.98. The number of aromatic nitrogens is 2. The molecule has 0 fully saturated rings. The Bertz CT molecular complexity index is 209. The predicted molar refractivity (Wildman–Crippen MR) is 48.0 cm³/mol. The first-order chi connectivity index (χ1) is 5.36. The molecule has 0 aliphatic carbocycles. The topological polar surface area (TPSA) is 37.8 Å². The van der Waals surface area contributed by atoms with Gasteiger partial charge in [-0.1, -0.05) is 0 Å². The highest BCUT2D eigenvalue weighted by atomic mass is 32.2. The summed E-state index contributed by atoms with van der Waals surface area (Å²) >= 11 is 1.64. The molecule has 0 spiro atoms. The minimum atomic E-state index is 0.699. The first kappa shape index (κ1) is 8.33. The van der Waals surface area contributed by atoms with Gasteiger partial charge in [0, 0.05) is 23.8 Å². The summed E-state index contributed by atoms with van der Waals surface area (Å²) in [7, 11) is 0. The van der Waals surface area contributed by atoms with Crippen LogP contribution >= 0.6 is 11.8 Å². The van der Waals surface area contributed by atoms with Gasteiger partial charge in [0.05, 0.1) is 0 Å². The highest BCUT2D eigenvalue weighted by Crippen LogP contribution is 2.11. The van der Waals surface area contributed by atoms with Crippen molar-refractivity contribution in [1.82, 2.24) is 9.97 Å². The van der Waals surface area contributed by atoms with E-state index in [9.17, 15) is 0 Å². The van der Waals surface area contributed by atoms with E-state index >= 15 is 0 Å². The van der Waals surface area contributed by atoms with Gasteiger partial charge in [-0.05, 0) is 13.2 Å². The number of thioether (sulfide) groups is 1. The van der Waals surface area contributed by atoms with Gasteiger partial charge in [-0.25, -0.2) is 9.97 Å². The SMILES string of the molecule is CCNc1ncc(SC)cn1. The molecule has 1 aromatic heterocycles. The van der Waals surface area contributed by atoms with Crippen molar-refractivity contribution in [1.29, 1.82) is 0 Å². The van der Waals surface area contributed by atoms with E-state index in [-0.39, 0.29) is 0 Å². The van der Waals surface area contributed by atoms with Crippen LogP contribution in [0.5, 0.6) is 0 Å². The second-order valence-corrected chi connectivity index (χ2v) is 2.86. The van der Waals surface area contributed by atoms with Crippen molar-refractivity contribution in [2.75, 3.05) is 18.1 Å². The summed E-state index contributed by atoms with van der Waals surface area (Å²) < 4.78 is 0. The summed E-state index contributed by atoms with van der Waals surface area (Å²) in [5.41, 5.74) is 0. The molecule has 0 radical (unpaired) electrons. The van der Waals surface area contributed by atoms with Crippen LogP contribution in [0.1, 0.15) is 6.92 Å². The number of nitrogens with zero attached hydrogens (tertiary/aromatic N) is 2. The van der Waals surface area contributed by atoms with Gasteiger partial charge in [-0.2, -0.15) is 0 Å². The van der Waals surface area contributed by atoms with Gasteiger partial charge >= 0.3 is 0 Å². The average Bonchev–Trinajstić information content (AvgIpc) is 2.07. The molecule has 11 heavy (non-hydrogen) atoms. The molecule has 0 saturated heterocycles. The fourth-order valence-corrected chi connectivity index (χ4v) is 0.987. The van der Waals surface area contributed by atoms with Gasteiger partial charge in [0.25, 0.3) is 0 Å². The summed E-state index contributed by atoms with van der Waals surface area (Å²) in [6.45, 7) is 2.88. The Morgan fingerprint density at radius 2 is 2.09 bits per heavy atom. The minimum Gasteiger partial charge on any atom is -0.355 e. The molecular formula is C7H11N3S. The quantitative estimate of drug-likeness (QED) is 0.698. The zero-order chi connectivity index (χ0) is 8.10. The maximum absolute atomic E-state index is 4.10. The van der Waals surface area contributed by atoms with Crippen molar-refractivity contribution >= 4 is 17.7 Å². The fourth-order valence-electron chi connectivity index (χ4n) is 0.671. The van der Waals surface area contributed by atoms with Crippen molar-refractivity contribution in [3.8, 4) is 0 Å². The van der Waals surface area contributed by atoms with Crippen LogP contribution in [0.15, 0.2) is 17.3 Å². The maximum atomic E-state index is 4.10.